The van der Waals surface area contributed by atoms with E-state index in [0.717, 1.165) is 10.0 Å². The van der Waals surface area contributed by atoms with Gasteiger partial charge in [0, 0.05) is 10.2 Å². The fourth-order valence-electron chi connectivity index (χ4n) is 1.56. The maximum Gasteiger partial charge on any atom is 0.337 e. The minimum absolute atomic E-state index is 0.0494. The molecule has 0 bridgehead atoms. The molecule has 2 aromatic rings. The van der Waals surface area contributed by atoms with Crippen LogP contribution in [0.25, 0.3) is 0 Å². The Labute approximate surface area is 118 Å². The van der Waals surface area contributed by atoms with Crippen LogP contribution in [0.2, 0.25) is 0 Å². The minimum Gasteiger partial charge on any atom is -0.489 e. The number of halogens is 1. The van der Waals surface area contributed by atoms with Gasteiger partial charge in [0.2, 0.25) is 0 Å². The van der Waals surface area contributed by atoms with E-state index in [0.29, 0.717) is 12.4 Å². The van der Waals surface area contributed by atoms with E-state index in [1.807, 2.05) is 24.3 Å². The Morgan fingerprint density at radius 2 is 1.89 bits per heavy atom. The normalized spacial score (nSPS) is 10.2. The second-order valence-electron chi connectivity index (χ2n) is 3.97. The molecule has 5 heteroatoms. The first-order valence-corrected chi connectivity index (χ1v) is 6.35. The van der Waals surface area contributed by atoms with Crippen molar-refractivity contribution in [2.45, 2.75) is 6.61 Å². The Balaban J connectivity index is 2.09. The first kappa shape index (κ1) is 13.4. The summed E-state index contributed by atoms with van der Waals surface area (Å²) in [7, 11) is 0. The molecule has 0 amide bonds. The zero-order chi connectivity index (χ0) is 13.8. The van der Waals surface area contributed by atoms with Crippen LogP contribution in [0.3, 0.4) is 0 Å². The first-order chi connectivity index (χ1) is 9.06. The van der Waals surface area contributed by atoms with Crippen molar-refractivity contribution >= 4 is 27.6 Å². The summed E-state index contributed by atoms with van der Waals surface area (Å²) in [5.74, 6) is -0.582. The van der Waals surface area contributed by atoms with Gasteiger partial charge in [-0.2, -0.15) is 0 Å². The molecule has 3 N–H and O–H groups in total. The number of carboxylic acid groups (broad SMARTS) is 1. The lowest BCUT2D eigenvalue weighted by atomic mass is 10.1. The Bertz CT molecular complexity index is 596. The van der Waals surface area contributed by atoms with Crippen LogP contribution in [-0.4, -0.2) is 11.1 Å². The highest BCUT2D eigenvalue weighted by atomic mass is 79.9. The number of rotatable bonds is 4. The lowest BCUT2D eigenvalue weighted by Gasteiger charge is -2.08. The monoisotopic (exact) mass is 321 g/mol. The van der Waals surface area contributed by atoms with Gasteiger partial charge in [0.25, 0.3) is 0 Å². The van der Waals surface area contributed by atoms with Crippen LogP contribution in [0.5, 0.6) is 5.75 Å². The lowest BCUT2D eigenvalue weighted by Crippen LogP contribution is -2.03. The van der Waals surface area contributed by atoms with Gasteiger partial charge in [0.15, 0.2) is 0 Å². The van der Waals surface area contributed by atoms with Gasteiger partial charge in [0.1, 0.15) is 12.4 Å². The van der Waals surface area contributed by atoms with Crippen LogP contribution in [0.4, 0.5) is 5.69 Å². The Kier molecular flexibility index (Phi) is 4.06. The quantitative estimate of drug-likeness (QED) is 0.847. The molecule has 98 valence electrons. The number of nitrogen functional groups attached to an aromatic ring is 1. The predicted octanol–water partition coefficient (Wildman–Crippen LogP) is 3.31. The molecule has 0 saturated heterocycles. The molecule has 0 unspecified atom stereocenters. The summed E-state index contributed by atoms with van der Waals surface area (Å²) in [6.07, 6.45) is 0. The van der Waals surface area contributed by atoms with Gasteiger partial charge < -0.3 is 15.6 Å². The third-order valence-corrected chi connectivity index (χ3v) is 3.10. The van der Waals surface area contributed by atoms with Gasteiger partial charge in [-0.3, -0.25) is 0 Å². The maximum absolute atomic E-state index is 10.9. The van der Waals surface area contributed by atoms with Gasteiger partial charge >= 0.3 is 5.97 Å². The van der Waals surface area contributed by atoms with Crippen molar-refractivity contribution in [3.05, 3.63) is 58.1 Å². The highest BCUT2D eigenvalue weighted by molar-refractivity contribution is 9.10. The minimum atomic E-state index is -1.06. The summed E-state index contributed by atoms with van der Waals surface area (Å²) in [5, 5.41) is 8.97. The van der Waals surface area contributed by atoms with Crippen LogP contribution in [0.15, 0.2) is 46.9 Å². The standard InChI is InChI=1S/C14H12BrNO3/c15-10-3-1-9(2-4-10)8-19-11-5-6-13(16)12(7-11)14(17)18/h1-7H,8,16H2,(H,17,18). The van der Waals surface area contributed by atoms with Crippen LogP contribution in [0.1, 0.15) is 15.9 Å². The predicted molar refractivity (Wildman–Crippen MR) is 76.3 cm³/mol. The number of benzene rings is 2. The molecule has 2 aromatic carbocycles. The topological polar surface area (TPSA) is 72.5 Å². The van der Waals surface area contributed by atoms with Crippen molar-refractivity contribution in [3.63, 3.8) is 0 Å². The third kappa shape index (κ3) is 3.48. The third-order valence-electron chi connectivity index (χ3n) is 2.57. The number of anilines is 1. The number of hydrogen-bond acceptors (Lipinski definition) is 3. The Morgan fingerprint density at radius 1 is 1.21 bits per heavy atom. The Morgan fingerprint density at radius 3 is 2.53 bits per heavy atom. The smallest absolute Gasteiger partial charge is 0.337 e. The van der Waals surface area contributed by atoms with Crippen molar-refractivity contribution in [2.75, 3.05) is 5.73 Å². The molecule has 0 fully saturated rings. The van der Waals surface area contributed by atoms with Crippen LogP contribution >= 0.6 is 15.9 Å². The molecule has 0 spiro atoms. The largest absolute Gasteiger partial charge is 0.489 e. The first-order valence-electron chi connectivity index (χ1n) is 5.56. The number of carboxylic acids is 1. The summed E-state index contributed by atoms with van der Waals surface area (Å²) in [6, 6.07) is 12.3. The number of nitrogens with two attached hydrogens (primary N) is 1. The molecule has 0 aliphatic carbocycles. The second-order valence-corrected chi connectivity index (χ2v) is 4.89. The summed E-state index contributed by atoms with van der Waals surface area (Å²) < 4.78 is 6.54. The zero-order valence-electron chi connectivity index (χ0n) is 9.97. The van der Waals surface area contributed by atoms with E-state index in [4.69, 9.17) is 15.6 Å². The van der Waals surface area contributed by atoms with Crippen molar-refractivity contribution < 1.29 is 14.6 Å². The van der Waals surface area contributed by atoms with E-state index in [-0.39, 0.29) is 11.3 Å². The van der Waals surface area contributed by atoms with Crippen LogP contribution in [-0.2, 0) is 6.61 Å². The summed E-state index contributed by atoms with van der Waals surface area (Å²) in [6.45, 7) is 0.371. The molecule has 0 aliphatic rings. The average Bonchev–Trinajstić information content (AvgIpc) is 2.39. The number of carbonyl (C=O) groups is 1. The molecule has 0 saturated carbocycles. The number of hydrogen-bond donors (Lipinski definition) is 2. The molecule has 0 atom stereocenters. The zero-order valence-corrected chi connectivity index (χ0v) is 11.6. The average molecular weight is 322 g/mol. The Hall–Kier alpha value is -2.01. The van der Waals surface area contributed by atoms with Gasteiger partial charge in [-0.25, -0.2) is 4.79 Å². The van der Waals surface area contributed by atoms with Gasteiger partial charge in [0.05, 0.1) is 5.56 Å². The molecule has 0 heterocycles. The highest BCUT2D eigenvalue weighted by Crippen LogP contribution is 2.21. The number of ether oxygens (including phenoxy) is 1. The van der Waals surface area contributed by atoms with Crippen LogP contribution < -0.4 is 10.5 Å². The fraction of sp³-hybridized carbons (Fsp3) is 0.0714. The summed E-state index contributed by atoms with van der Waals surface area (Å²) in [4.78, 5) is 10.9. The number of aromatic carboxylic acids is 1. The van der Waals surface area contributed by atoms with Gasteiger partial charge in [-0.05, 0) is 35.9 Å². The van der Waals surface area contributed by atoms with Crippen molar-refractivity contribution in [2.24, 2.45) is 0 Å². The van der Waals surface area contributed by atoms with Crippen molar-refractivity contribution in [1.82, 2.24) is 0 Å². The molecule has 2 rings (SSSR count). The molecule has 4 nitrogen and oxygen atoms in total. The summed E-state index contributed by atoms with van der Waals surface area (Å²) >= 11 is 3.35. The lowest BCUT2D eigenvalue weighted by molar-refractivity contribution is 0.0697. The van der Waals surface area contributed by atoms with E-state index in [2.05, 4.69) is 15.9 Å². The fourth-order valence-corrected chi connectivity index (χ4v) is 1.82. The molecular formula is C14H12BrNO3. The van der Waals surface area contributed by atoms with Crippen molar-refractivity contribution in [1.29, 1.82) is 0 Å². The molecule has 0 aliphatic heterocycles. The molecular weight excluding hydrogens is 310 g/mol. The van der Waals surface area contributed by atoms with Gasteiger partial charge in [-0.1, -0.05) is 28.1 Å². The van der Waals surface area contributed by atoms with E-state index in [9.17, 15) is 4.79 Å². The SMILES string of the molecule is Nc1ccc(OCc2ccc(Br)cc2)cc1C(=O)O. The molecule has 19 heavy (non-hydrogen) atoms. The van der Waals surface area contributed by atoms with E-state index >= 15 is 0 Å². The highest BCUT2D eigenvalue weighted by Gasteiger charge is 2.09. The maximum atomic E-state index is 10.9. The van der Waals surface area contributed by atoms with E-state index < -0.39 is 5.97 Å². The van der Waals surface area contributed by atoms with Crippen molar-refractivity contribution in [3.8, 4) is 5.75 Å². The summed E-state index contributed by atoms with van der Waals surface area (Å²) in [5.41, 5.74) is 6.84. The molecule has 0 aromatic heterocycles. The van der Waals surface area contributed by atoms with E-state index in [1.165, 1.54) is 12.1 Å². The second kappa shape index (κ2) is 5.75. The van der Waals surface area contributed by atoms with E-state index in [1.54, 1.807) is 6.07 Å². The van der Waals surface area contributed by atoms with Gasteiger partial charge in [-0.15, -0.1) is 0 Å². The molecule has 0 radical (unpaired) electrons. The van der Waals surface area contributed by atoms with Crippen LogP contribution in [0, 0.1) is 0 Å².